The van der Waals surface area contributed by atoms with Gasteiger partial charge in [0.05, 0.1) is 52.8 Å². The summed E-state index contributed by atoms with van der Waals surface area (Å²) < 4.78 is 30.9. The molecule has 342 valence electrons. The van der Waals surface area contributed by atoms with Gasteiger partial charge < -0.3 is 60.7 Å². The Hall–Kier alpha value is -4.18. The molecular formula is C41H76N6O12. The molecule has 59 heavy (non-hydrogen) atoms. The Balaban J connectivity index is 0. The standard InChI is InChI=1S/C29H55N5O7.C12H21NO5/c1-28(2,3)40-26(38)32-20-13-9-7-11-18-30-23(35)16-15-17-24(36)34-22-25(37)31-19-12-8-10-14-21-33-27(39)41-29(4,5)6;1-2-4-15-6-8-17-10-11-18-9-7-16-5-3-12(13)14/h7-22H2,1-6H3,(H,30,35)(H,31,37)(H,32,38)(H,33,39)(H,34,36);1H,3-11H2,(H2,13,14). The molecule has 0 radical (unpaired) electrons. The fraction of sp³-hybridized carbons (Fsp3) is 0.805. The lowest BCUT2D eigenvalue weighted by Crippen LogP contribution is -2.37. The maximum Gasteiger partial charge on any atom is 0.407 e. The Morgan fingerprint density at radius 1 is 0.475 bits per heavy atom. The van der Waals surface area contributed by atoms with Crippen molar-refractivity contribution < 1.29 is 57.2 Å². The molecule has 0 saturated carbocycles. The summed E-state index contributed by atoms with van der Waals surface area (Å²) in [5.74, 6) is 1.40. The second kappa shape index (κ2) is 38.0. The van der Waals surface area contributed by atoms with Crippen molar-refractivity contribution in [2.45, 2.75) is 130 Å². The fourth-order valence-electron chi connectivity index (χ4n) is 4.46. The first kappa shape index (κ1) is 56.9. The summed E-state index contributed by atoms with van der Waals surface area (Å²) in [5.41, 5.74) is 3.93. The number of unbranched alkanes of at least 4 members (excludes halogenated alkanes) is 6. The number of nitrogens with two attached hydrogens (primary N) is 1. The highest BCUT2D eigenvalue weighted by Gasteiger charge is 2.16. The predicted octanol–water partition coefficient (Wildman–Crippen LogP) is 3.24. The molecule has 0 fully saturated rings. The first-order valence-corrected chi connectivity index (χ1v) is 20.7. The Kier molecular flexibility index (Phi) is 36.7. The van der Waals surface area contributed by atoms with Gasteiger partial charge in [-0.25, -0.2) is 9.59 Å². The smallest absolute Gasteiger partial charge is 0.407 e. The van der Waals surface area contributed by atoms with E-state index in [1.54, 1.807) is 0 Å². The van der Waals surface area contributed by atoms with Crippen LogP contribution in [0.25, 0.3) is 0 Å². The number of hydrogen-bond acceptors (Lipinski definition) is 12. The van der Waals surface area contributed by atoms with Crippen molar-refractivity contribution in [1.29, 1.82) is 0 Å². The van der Waals surface area contributed by atoms with Crippen LogP contribution in [0.3, 0.4) is 0 Å². The molecule has 0 aromatic rings. The van der Waals surface area contributed by atoms with Gasteiger partial charge in [0.15, 0.2) is 0 Å². The lowest BCUT2D eigenvalue weighted by atomic mass is 10.2. The van der Waals surface area contributed by atoms with E-state index in [0.29, 0.717) is 85.5 Å². The third-order valence-corrected chi connectivity index (χ3v) is 7.24. The molecule has 7 N–H and O–H groups in total. The summed E-state index contributed by atoms with van der Waals surface area (Å²) in [6, 6.07) is 0. The van der Waals surface area contributed by atoms with Crippen molar-refractivity contribution in [2.75, 3.05) is 85.6 Å². The Labute approximate surface area is 352 Å². The van der Waals surface area contributed by atoms with E-state index in [-0.39, 0.29) is 49.4 Å². The van der Waals surface area contributed by atoms with Crippen LogP contribution in [0.15, 0.2) is 0 Å². The highest BCUT2D eigenvalue weighted by molar-refractivity contribution is 5.85. The molecule has 18 heteroatoms. The van der Waals surface area contributed by atoms with Crippen LogP contribution >= 0.6 is 0 Å². The first-order valence-electron chi connectivity index (χ1n) is 20.7. The lowest BCUT2D eigenvalue weighted by Gasteiger charge is -2.19. The molecule has 0 heterocycles. The zero-order valence-corrected chi connectivity index (χ0v) is 36.7. The lowest BCUT2D eigenvalue weighted by molar-refractivity contribution is -0.126. The minimum atomic E-state index is -0.508. The van der Waals surface area contributed by atoms with Gasteiger partial charge in [-0.15, -0.1) is 6.42 Å². The molecule has 0 atom stereocenters. The molecule has 0 aliphatic rings. The molecule has 0 aliphatic carbocycles. The van der Waals surface area contributed by atoms with Crippen LogP contribution in [0.5, 0.6) is 0 Å². The number of ether oxygens (including phenoxy) is 6. The monoisotopic (exact) mass is 845 g/mol. The number of hydrogen-bond donors (Lipinski definition) is 6. The summed E-state index contributed by atoms with van der Waals surface area (Å²) >= 11 is 0. The number of alkyl carbamates (subject to hydrolysis) is 2. The maximum atomic E-state index is 11.9. The van der Waals surface area contributed by atoms with Gasteiger partial charge in [0.2, 0.25) is 23.6 Å². The largest absolute Gasteiger partial charge is 0.444 e. The van der Waals surface area contributed by atoms with Crippen LogP contribution < -0.4 is 32.3 Å². The number of terminal acetylenes is 1. The molecule has 6 amide bonds. The van der Waals surface area contributed by atoms with Crippen LogP contribution in [0.2, 0.25) is 0 Å². The van der Waals surface area contributed by atoms with Gasteiger partial charge in [0.1, 0.15) is 17.8 Å². The van der Waals surface area contributed by atoms with Gasteiger partial charge in [-0.1, -0.05) is 31.6 Å². The van der Waals surface area contributed by atoms with E-state index in [2.05, 4.69) is 32.5 Å². The zero-order chi connectivity index (χ0) is 44.6. The normalized spacial score (nSPS) is 10.9. The summed E-state index contributed by atoms with van der Waals surface area (Å²) in [6.07, 6.45) is 12.3. The number of rotatable bonds is 33. The van der Waals surface area contributed by atoms with Crippen LogP contribution in [0.4, 0.5) is 9.59 Å². The number of amides is 6. The van der Waals surface area contributed by atoms with Gasteiger partial charge in [0.25, 0.3) is 0 Å². The van der Waals surface area contributed by atoms with E-state index in [4.69, 9.17) is 40.6 Å². The van der Waals surface area contributed by atoms with E-state index in [9.17, 15) is 28.8 Å². The van der Waals surface area contributed by atoms with Crippen LogP contribution in [0, 0.1) is 12.3 Å². The maximum absolute atomic E-state index is 11.9. The van der Waals surface area contributed by atoms with Crippen molar-refractivity contribution >= 4 is 35.8 Å². The van der Waals surface area contributed by atoms with E-state index < -0.39 is 23.4 Å². The molecule has 18 nitrogen and oxygen atoms in total. The van der Waals surface area contributed by atoms with Gasteiger partial charge in [-0.3, -0.25) is 19.2 Å². The van der Waals surface area contributed by atoms with Gasteiger partial charge in [-0.2, -0.15) is 0 Å². The molecule has 0 rings (SSSR count). The van der Waals surface area contributed by atoms with Crippen molar-refractivity contribution in [2.24, 2.45) is 5.73 Å². The Morgan fingerprint density at radius 2 is 0.847 bits per heavy atom. The molecule has 0 aromatic heterocycles. The molecule has 0 unspecified atom stereocenters. The average molecular weight is 845 g/mol. The minimum absolute atomic E-state index is 0.0852. The molecule has 0 aromatic carbocycles. The predicted molar refractivity (Wildman–Crippen MR) is 224 cm³/mol. The SMILES string of the molecule is C#CCOCCOCCOCCOCCC(N)=O.CC(C)(C)OC(=O)NCCCCCCNC(=O)CCCC(=O)NCC(=O)NCCCCCCNC(=O)OC(C)(C)C. The summed E-state index contributed by atoms with van der Waals surface area (Å²) in [4.78, 5) is 69.2. The van der Waals surface area contributed by atoms with E-state index >= 15 is 0 Å². The minimum Gasteiger partial charge on any atom is -0.444 e. The first-order chi connectivity index (χ1) is 27.9. The third kappa shape index (κ3) is 49.9. The van der Waals surface area contributed by atoms with Crippen molar-refractivity contribution in [3.05, 3.63) is 0 Å². The van der Waals surface area contributed by atoms with Gasteiger partial charge >= 0.3 is 12.2 Å². The van der Waals surface area contributed by atoms with Crippen molar-refractivity contribution in [3.8, 4) is 12.3 Å². The fourth-order valence-corrected chi connectivity index (χ4v) is 4.46. The zero-order valence-electron chi connectivity index (χ0n) is 36.7. The van der Waals surface area contributed by atoms with Gasteiger partial charge in [0, 0.05) is 45.4 Å². The van der Waals surface area contributed by atoms with Crippen molar-refractivity contribution in [1.82, 2.24) is 26.6 Å². The highest BCUT2D eigenvalue weighted by atomic mass is 16.6. The third-order valence-electron chi connectivity index (χ3n) is 7.24. The number of primary amides is 1. The van der Waals surface area contributed by atoms with Crippen LogP contribution in [-0.2, 0) is 47.6 Å². The Morgan fingerprint density at radius 3 is 1.25 bits per heavy atom. The van der Waals surface area contributed by atoms with Crippen LogP contribution in [0.1, 0.15) is 119 Å². The molecule has 0 bridgehead atoms. The second-order valence-electron chi connectivity index (χ2n) is 15.3. The summed E-state index contributed by atoms with van der Waals surface area (Å²) in [5, 5.41) is 13.6. The topological polar surface area (TPSA) is 244 Å². The summed E-state index contributed by atoms with van der Waals surface area (Å²) in [7, 11) is 0. The average Bonchev–Trinajstić information content (AvgIpc) is 3.13. The Bertz CT molecular complexity index is 1180. The molecule has 0 aliphatic heterocycles. The van der Waals surface area contributed by atoms with E-state index in [1.165, 1.54) is 0 Å². The van der Waals surface area contributed by atoms with Gasteiger partial charge in [-0.05, 0) is 73.6 Å². The number of carbonyl (C=O) groups excluding carboxylic acids is 6. The van der Waals surface area contributed by atoms with Crippen molar-refractivity contribution in [3.63, 3.8) is 0 Å². The second-order valence-corrected chi connectivity index (χ2v) is 15.3. The number of carbonyl (C=O) groups is 6. The molecular weight excluding hydrogens is 768 g/mol. The van der Waals surface area contributed by atoms with E-state index in [0.717, 1.165) is 51.4 Å². The molecule has 0 saturated heterocycles. The molecule has 0 spiro atoms. The van der Waals surface area contributed by atoms with E-state index in [1.807, 2.05) is 41.5 Å². The quantitative estimate of drug-likeness (QED) is 0.0412. The highest BCUT2D eigenvalue weighted by Crippen LogP contribution is 2.08. The summed E-state index contributed by atoms with van der Waals surface area (Å²) in [6.45, 7) is 16.6. The number of nitrogens with one attached hydrogen (secondary N) is 5. The van der Waals surface area contributed by atoms with Crippen LogP contribution in [-0.4, -0.2) is 133 Å².